The lowest BCUT2D eigenvalue weighted by molar-refractivity contribution is -0.383. The summed E-state index contributed by atoms with van der Waals surface area (Å²) in [5.41, 5.74) is -0.0916. The molecular weight excluding hydrogens is 352 g/mol. The quantitative estimate of drug-likeness (QED) is 0.296. The van der Waals surface area contributed by atoms with Crippen molar-refractivity contribution in [2.45, 2.75) is 0 Å². The van der Waals surface area contributed by atoms with E-state index in [-0.39, 0.29) is 21.9 Å². The maximum Gasteiger partial charge on any atom is 0.346 e. The summed E-state index contributed by atoms with van der Waals surface area (Å²) in [4.78, 5) is 27.2. The lowest BCUT2D eigenvalue weighted by atomic mass is 10.1. The van der Waals surface area contributed by atoms with Crippen LogP contribution in [0.15, 0.2) is 51.7 Å². The molecule has 0 saturated carbocycles. The molecule has 2 aromatic carbocycles. The number of para-hydroxylation sites is 1. The molecule has 0 atom stereocenters. The molecule has 118 valence electrons. The summed E-state index contributed by atoms with van der Waals surface area (Å²) in [5.74, 6) is 0. The zero-order valence-electron chi connectivity index (χ0n) is 11.9. The molecule has 4 aromatic rings. The van der Waals surface area contributed by atoms with Crippen LogP contribution in [0.3, 0.4) is 0 Å². The molecule has 0 bridgehead atoms. The van der Waals surface area contributed by atoms with Gasteiger partial charge in [0.2, 0.25) is 5.58 Å². The molecule has 0 fully saturated rings. The summed E-state index contributed by atoms with van der Waals surface area (Å²) >= 11 is 7.28. The van der Waals surface area contributed by atoms with Crippen molar-refractivity contribution in [3.8, 4) is 10.6 Å². The molecule has 0 amide bonds. The van der Waals surface area contributed by atoms with Crippen LogP contribution in [0, 0.1) is 10.1 Å². The monoisotopic (exact) mass is 358 g/mol. The molecule has 0 unspecified atom stereocenters. The minimum absolute atomic E-state index is 0.0979. The van der Waals surface area contributed by atoms with E-state index in [1.165, 1.54) is 23.5 Å². The Balaban J connectivity index is 2.01. The van der Waals surface area contributed by atoms with E-state index in [4.69, 9.17) is 16.0 Å². The first-order valence-electron chi connectivity index (χ1n) is 6.80. The molecule has 0 aliphatic rings. The van der Waals surface area contributed by atoms with Crippen LogP contribution in [0.4, 0.5) is 5.69 Å². The largest absolute Gasteiger partial charge is 0.415 e. The third-order valence-corrected chi connectivity index (χ3v) is 4.79. The highest BCUT2D eigenvalue weighted by molar-refractivity contribution is 7.21. The molecule has 0 spiro atoms. The van der Waals surface area contributed by atoms with E-state index in [2.05, 4.69) is 4.98 Å². The fraction of sp³-hybridized carbons (Fsp3) is 0. The van der Waals surface area contributed by atoms with Crippen molar-refractivity contribution in [2.24, 2.45) is 0 Å². The van der Waals surface area contributed by atoms with Crippen molar-refractivity contribution in [2.75, 3.05) is 0 Å². The number of hydrogen-bond donors (Lipinski definition) is 0. The zero-order chi connectivity index (χ0) is 16.8. The van der Waals surface area contributed by atoms with E-state index < -0.39 is 10.5 Å². The van der Waals surface area contributed by atoms with Crippen LogP contribution >= 0.6 is 22.9 Å². The van der Waals surface area contributed by atoms with Gasteiger partial charge in [0.05, 0.1) is 20.7 Å². The van der Waals surface area contributed by atoms with E-state index in [1.807, 2.05) is 24.3 Å². The van der Waals surface area contributed by atoms with Gasteiger partial charge in [0.25, 0.3) is 0 Å². The number of nitrogens with zero attached hydrogens (tertiary/aromatic N) is 2. The number of nitro groups is 1. The van der Waals surface area contributed by atoms with Crippen molar-refractivity contribution in [1.29, 1.82) is 0 Å². The van der Waals surface area contributed by atoms with Crippen LogP contribution < -0.4 is 5.63 Å². The Hall–Kier alpha value is -2.77. The van der Waals surface area contributed by atoms with Gasteiger partial charge in [0, 0.05) is 16.5 Å². The Morgan fingerprint density at radius 2 is 2.00 bits per heavy atom. The van der Waals surface area contributed by atoms with Gasteiger partial charge in [-0.05, 0) is 24.3 Å². The van der Waals surface area contributed by atoms with Gasteiger partial charge in [-0.3, -0.25) is 10.1 Å². The molecule has 24 heavy (non-hydrogen) atoms. The number of thiazole rings is 1. The van der Waals surface area contributed by atoms with Gasteiger partial charge >= 0.3 is 11.3 Å². The van der Waals surface area contributed by atoms with Gasteiger partial charge in [-0.2, -0.15) is 0 Å². The van der Waals surface area contributed by atoms with Crippen LogP contribution in [0.1, 0.15) is 0 Å². The van der Waals surface area contributed by atoms with Crippen molar-refractivity contribution in [1.82, 2.24) is 4.98 Å². The molecule has 8 heteroatoms. The maximum atomic E-state index is 12.3. The second-order valence-electron chi connectivity index (χ2n) is 5.03. The van der Waals surface area contributed by atoms with Crippen molar-refractivity contribution < 1.29 is 9.34 Å². The third kappa shape index (κ3) is 2.34. The second-order valence-corrected chi connectivity index (χ2v) is 6.50. The Bertz CT molecular complexity index is 1150. The van der Waals surface area contributed by atoms with E-state index in [1.54, 1.807) is 0 Å². The summed E-state index contributed by atoms with van der Waals surface area (Å²) in [5, 5.41) is 12.2. The second kappa shape index (κ2) is 5.40. The van der Waals surface area contributed by atoms with Gasteiger partial charge < -0.3 is 4.42 Å². The topological polar surface area (TPSA) is 86.2 Å². The molecule has 2 heterocycles. The highest BCUT2D eigenvalue weighted by Crippen LogP contribution is 2.33. The van der Waals surface area contributed by atoms with E-state index >= 15 is 0 Å². The van der Waals surface area contributed by atoms with Gasteiger partial charge in [-0.25, -0.2) is 9.78 Å². The van der Waals surface area contributed by atoms with Crippen molar-refractivity contribution in [3.05, 3.63) is 68.0 Å². The van der Waals surface area contributed by atoms with Crippen molar-refractivity contribution >= 4 is 49.8 Å². The Morgan fingerprint density at radius 1 is 1.21 bits per heavy atom. The van der Waals surface area contributed by atoms with Gasteiger partial charge in [0.1, 0.15) is 5.01 Å². The lowest BCUT2D eigenvalue weighted by Gasteiger charge is -2.01. The lowest BCUT2D eigenvalue weighted by Crippen LogP contribution is -2.03. The molecule has 2 aromatic heterocycles. The average Bonchev–Trinajstić information content (AvgIpc) is 2.97. The molecule has 0 saturated heterocycles. The van der Waals surface area contributed by atoms with Crippen LogP contribution in [0.25, 0.3) is 31.8 Å². The normalized spacial score (nSPS) is 11.2. The maximum absolute atomic E-state index is 12.3. The first-order chi connectivity index (χ1) is 11.5. The summed E-state index contributed by atoms with van der Waals surface area (Å²) in [6.07, 6.45) is 0. The Kier molecular flexibility index (Phi) is 3.33. The highest BCUT2D eigenvalue weighted by Gasteiger charge is 2.20. The number of non-ortho nitro benzene ring substituents is 1. The smallest absolute Gasteiger partial charge is 0.346 e. The predicted octanol–water partition coefficient (Wildman–Crippen LogP) is 4.63. The van der Waals surface area contributed by atoms with Gasteiger partial charge in [-0.15, -0.1) is 11.3 Å². The zero-order valence-corrected chi connectivity index (χ0v) is 13.4. The van der Waals surface area contributed by atoms with Gasteiger partial charge in [0.15, 0.2) is 0 Å². The summed E-state index contributed by atoms with van der Waals surface area (Å²) in [7, 11) is 0. The van der Waals surface area contributed by atoms with Crippen LogP contribution in [-0.2, 0) is 0 Å². The first kappa shape index (κ1) is 14.8. The molecule has 0 N–H and O–H groups in total. The standard InChI is InChI=1S/C16H7ClN2O4S/c17-9-5-8-6-10(15-18-11-3-1-2-4-13(11)24-15)16(20)23-14(8)12(7-9)19(21)22/h1-7H. The SMILES string of the molecule is O=c1oc2c([N+](=O)[O-])cc(Cl)cc2cc1-c1nc2ccccc2s1. The number of hydrogen-bond acceptors (Lipinski definition) is 6. The molecular formula is C16H7ClN2O4S. The van der Waals surface area contributed by atoms with Crippen LogP contribution in [0.2, 0.25) is 5.02 Å². The molecule has 6 nitrogen and oxygen atoms in total. The number of benzene rings is 2. The Morgan fingerprint density at radius 3 is 2.75 bits per heavy atom. The van der Waals surface area contributed by atoms with E-state index in [0.717, 1.165) is 16.3 Å². The summed E-state index contributed by atoms with van der Waals surface area (Å²) in [6.45, 7) is 0. The number of rotatable bonds is 2. The molecule has 0 aliphatic heterocycles. The first-order valence-corrected chi connectivity index (χ1v) is 8.00. The number of nitro benzene ring substituents is 1. The minimum atomic E-state index is -0.674. The fourth-order valence-electron chi connectivity index (χ4n) is 2.45. The summed E-state index contributed by atoms with van der Waals surface area (Å²) in [6, 6.07) is 11.7. The number of fused-ring (bicyclic) bond motifs is 2. The average molecular weight is 359 g/mol. The van der Waals surface area contributed by atoms with E-state index in [0.29, 0.717) is 10.4 Å². The molecule has 0 aliphatic carbocycles. The number of halogens is 1. The summed E-state index contributed by atoms with van der Waals surface area (Å²) < 4.78 is 6.14. The minimum Gasteiger partial charge on any atom is -0.415 e. The Labute approximate surface area is 143 Å². The molecule has 0 radical (unpaired) electrons. The van der Waals surface area contributed by atoms with Crippen molar-refractivity contribution in [3.63, 3.8) is 0 Å². The molecule has 4 rings (SSSR count). The van der Waals surface area contributed by atoms with Crippen LogP contribution in [0.5, 0.6) is 0 Å². The fourth-order valence-corrected chi connectivity index (χ4v) is 3.64. The highest BCUT2D eigenvalue weighted by atomic mass is 35.5. The van der Waals surface area contributed by atoms with E-state index in [9.17, 15) is 14.9 Å². The predicted molar refractivity (Wildman–Crippen MR) is 92.8 cm³/mol. The number of aromatic nitrogens is 1. The van der Waals surface area contributed by atoms with Gasteiger partial charge in [-0.1, -0.05) is 23.7 Å². The van der Waals surface area contributed by atoms with Crippen LogP contribution in [-0.4, -0.2) is 9.91 Å². The third-order valence-electron chi connectivity index (χ3n) is 3.50.